The van der Waals surface area contributed by atoms with Gasteiger partial charge < -0.3 is 10.1 Å². The highest BCUT2D eigenvalue weighted by Crippen LogP contribution is 2.47. The summed E-state index contributed by atoms with van der Waals surface area (Å²) in [5.74, 6) is -0.172. The van der Waals surface area contributed by atoms with E-state index >= 15 is 0 Å². The normalized spacial score (nSPS) is 24.4. The Hall–Kier alpha value is -1.22. The Balaban J connectivity index is 2.41. The van der Waals surface area contributed by atoms with Gasteiger partial charge in [0.05, 0.1) is 17.3 Å². The fraction of sp³-hybridized carbons (Fsp3) is 0.588. The summed E-state index contributed by atoms with van der Waals surface area (Å²) in [6.45, 7) is 6.50. The molecule has 1 atom stereocenters. The summed E-state index contributed by atoms with van der Waals surface area (Å²) in [5.41, 5.74) is -0.106. The molecule has 1 aromatic rings. The fourth-order valence-corrected chi connectivity index (χ4v) is 3.40. The zero-order chi connectivity index (χ0) is 15.5. The molecule has 0 aromatic heterocycles. The third-order valence-corrected chi connectivity index (χ3v) is 4.93. The summed E-state index contributed by atoms with van der Waals surface area (Å²) in [7, 11) is 0. The van der Waals surface area contributed by atoms with Crippen molar-refractivity contribution in [2.24, 2.45) is 5.41 Å². The number of rotatable bonds is 4. The van der Waals surface area contributed by atoms with E-state index in [1.807, 2.05) is 31.2 Å². The topological polar surface area (TPSA) is 38.3 Å². The van der Waals surface area contributed by atoms with Crippen LogP contribution in [0.1, 0.15) is 46.5 Å². The lowest BCUT2D eigenvalue weighted by molar-refractivity contribution is -0.155. The molecule has 1 saturated carbocycles. The Morgan fingerprint density at radius 3 is 2.57 bits per heavy atom. The molecular weight excluding hydrogens is 286 g/mol. The largest absolute Gasteiger partial charge is 0.464 e. The van der Waals surface area contributed by atoms with Crippen molar-refractivity contribution in [2.75, 3.05) is 11.9 Å². The lowest BCUT2D eigenvalue weighted by Gasteiger charge is -2.49. The molecule has 1 aromatic carbocycles. The van der Waals surface area contributed by atoms with Gasteiger partial charge in [0.25, 0.3) is 0 Å². The van der Waals surface area contributed by atoms with Crippen LogP contribution in [0.2, 0.25) is 5.02 Å². The number of carbonyl (C=O) groups is 1. The third-order valence-electron chi connectivity index (χ3n) is 4.60. The van der Waals surface area contributed by atoms with Crippen LogP contribution in [0, 0.1) is 5.41 Å². The van der Waals surface area contributed by atoms with Crippen molar-refractivity contribution in [2.45, 2.75) is 52.0 Å². The average Bonchev–Trinajstić information content (AvgIpc) is 2.43. The number of benzene rings is 1. The summed E-state index contributed by atoms with van der Waals surface area (Å²) in [6, 6.07) is 7.55. The second-order valence-electron chi connectivity index (χ2n) is 6.32. The standard InChI is InChI=1S/C17H24ClNO2/c1-4-21-15(20)17(12-8-7-11-16(17,2)3)19-14-10-6-5-9-13(14)18/h5-6,9-10,19H,4,7-8,11-12H2,1-3H3. The minimum atomic E-state index is -0.716. The van der Waals surface area contributed by atoms with Crippen LogP contribution in [-0.2, 0) is 9.53 Å². The molecule has 0 aliphatic heterocycles. The number of hydrogen-bond acceptors (Lipinski definition) is 3. The van der Waals surface area contributed by atoms with Crippen molar-refractivity contribution in [3.63, 3.8) is 0 Å². The van der Waals surface area contributed by atoms with E-state index in [0.717, 1.165) is 31.4 Å². The molecule has 1 fully saturated rings. The van der Waals surface area contributed by atoms with Crippen molar-refractivity contribution >= 4 is 23.3 Å². The summed E-state index contributed by atoms with van der Waals surface area (Å²) >= 11 is 6.27. The van der Waals surface area contributed by atoms with Crippen molar-refractivity contribution in [1.29, 1.82) is 0 Å². The maximum absolute atomic E-state index is 12.7. The molecule has 1 aliphatic carbocycles. The van der Waals surface area contributed by atoms with Crippen LogP contribution >= 0.6 is 11.6 Å². The Morgan fingerprint density at radius 1 is 1.29 bits per heavy atom. The zero-order valence-corrected chi connectivity index (χ0v) is 13.8. The molecule has 4 heteroatoms. The van der Waals surface area contributed by atoms with Crippen LogP contribution < -0.4 is 5.32 Å². The van der Waals surface area contributed by atoms with Gasteiger partial charge in [0.15, 0.2) is 0 Å². The Labute approximate surface area is 132 Å². The van der Waals surface area contributed by atoms with E-state index in [1.165, 1.54) is 0 Å². The molecule has 2 rings (SSSR count). The first-order valence-electron chi connectivity index (χ1n) is 7.63. The number of para-hydroxylation sites is 1. The van der Waals surface area contributed by atoms with Crippen molar-refractivity contribution in [1.82, 2.24) is 0 Å². The monoisotopic (exact) mass is 309 g/mol. The number of hydrogen-bond donors (Lipinski definition) is 1. The number of nitrogens with one attached hydrogen (secondary N) is 1. The Kier molecular flexibility index (Phi) is 4.82. The van der Waals surface area contributed by atoms with Gasteiger partial charge in [0.2, 0.25) is 0 Å². The van der Waals surface area contributed by atoms with E-state index in [-0.39, 0.29) is 11.4 Å². The summed E-state index contributed by atoms with van der Waals surface area (Å²) < 4.78 is 5.39. The Morgan fingerprint density at radius 2 is 1.95 bits per heavy atom. The number of anilines is 1. The van der Waals surface area contributed by atoms with Gasteiger partial charge in [0, 0.05) is 0 Å². The van der Waals surface area contributed by atoms with Gasteiger partial charge in [-0.05, 0) is 37.3 Å². The highest BCUT2D eigenvalue weighted by molar-refractivity contribution is 6.33. The number of ether oxygens (including phenoxy) is 1. The SMILES string of the molecule is CCOC(=O)C1(Nc2ccccc2Cl)CCCCC1(C)C. The molecule has 21 heavy (non-hydrogen) atoms. The van der Waals surface area contributed by atoms with Crippen LogP contribution in [0.3, 0.4) is 0 Å². The molecule has 0 radical (unpaired) electrons. The van der Waals surface area contributed by atoms with Gasteiger partial charge in [-0.2, -0.15) is 0 Å². The van der Waals surface area contributed by atoms with Crippen molar-refractivity contribution in [3.8, 4) is 0 Å². The fourth-order valence-electron chi connectivity index (χ4n) is 3.22. The third kappa shape index (κ3) is 3.03. The Bertz CT molecular complexity index is 515. The number of carbonyl (C=O) groups excluding carboxylic acids is 1. The first-order valence-corrected chi connectivity index (χ1v) is 8.01. The predicted octanol–water partition coefficient (Wildman–Crippen LogP) is 4.65. The van der Waals surface area contributed by atoms with Crippen LogP contribution in [0.25, 0.3) is 0 Å². The van der Waals surface area contributed by atoms with E-state index in [1.54, 1.807) is 0 Å². The molecule has 0 bridgehead atoms. The molecule has 0 heterocycles. The molecule has 0 saturated heterocycles. The smallest absolute Gasteiger partial charge is 0.332 e. The number of esters is 1. The minimum absolute atomic E-state index is 0.172. The van der Waals surface area contributed by atoms with E-state index in [2.05, 4.69) is 19.2 Å². The molecule has 0 spiro atoms. The van der Waals surface area contributed by atoms with Crippen molar-refractivity contribution in [3.05, 3.63) is 29.3 Å². The van der Waals surface area contributed by atoms with Crippen LogP contribution in [0.4, 0.5) is 5.69 Å². The van der Waals surface area contributed by atoms with E-state index < -0.39 is 5.54 Å². The van der Waals surface area contributed by atoms with E-state index in [9.17, 15) is 4.79 Å². The summed E-state index contributed by atoms with van der Waals surface area (Å²) in [4.78, 5) is 12.7. The first-order chi connectivity index (χ1) is 9.93. The maximum Gasteiger partial charge on any atom is 0.332 e. The highest BCUT2D eigenvalue weighted by atomic mass is 35.5. The second-order valence-corrected chi connectivity index (χ2v) is 6.73. The molecular formula is C17H24ClNO2. The molecule has 0 amide bonds. The zero-order valence-electron chi connectivity index (χ0n) is 13.0. The molecule has 116 valence electrons. The van der Waals surface area contributed by atoms with Gasteiger partial charge in [-0.1, -0.05) is 50.4 Å². The molecule has 1 N–H and O–H groups in total. The first kappa shape index (κ1) is 16.2. The van der Waals surface area contributed by atoms with Gasteiger partial charge in [-0.3, -0.25) is 0 Å². The highest BCUT2D eigenvalue weighted by Gasteiger charge is 2.53. The van der Waals surface area contributed by atoms with Gasteiger partial charge in [0.1, 0.15) is 5.54 Å². The van der Waals surface area contributed by atoms with Gasteiger partial charge in [-0.25, -0.2) is 4.79 Å². The number of halogens is 1. The lowest BCUT2D eigenvalue weighted by atomic mass is 9.63. The van der Waals surface area contributed by atoms with E-state index in [4.69, 9.17) is 16.3 Å². The van der Waals surface area contributed by atoms with Crippen LogP contribution in [0.15, 0.2) is 24.3 Å². The van der Waals surface area contributed by atoms with E-state index in [0.29, 0.717) is 11.6 Å². The molecule has 1 unspecified atom stereocenters. The summed E-state index contributed by atoms with van der Waals surface area (Å²) in [5, 5.41) is 4.06. The lowest BCUT2D eigenvalue weighted by Crippen LogP contribution is -2.59. The minimum Gasteiger partial charge on any atom is -0.464 e. The maximum atomic E-state index is 12.7. The van der Waals surface area contributed by atoms with Crippen molar-refractivity contribution < 1.29 is 9.53 Å². The van der Waals surface area contributed by atoms with Gasteiger partial charge >= 0.3 is 5.97 Å². The average molecular weight is 310 g/mol. The molecule has 1 aliphatic rings. The quantitative estimate of drug-likeness (QED) is 0.822. The van der Waals surface area contributed by atoms with Crippen LogP contribution in [0.5, 0.6) is 0 Å². The molecule has 3 nitrogen and oxygen atoms in total. The second kappa shape index (κ2) is 6.27. The predicted molar refractivity (Wildman–Crippen MR) is 86.7 cm³/mol. The van der Waals surface area contributed by atoms with Crippen LogP contribution in [-0.4, -0.2) is 18.1 Å². The van der Waals surface area contributed by atoms with Gasteiger partial charge in [-0.15, -0.1) is 0 Å². The summed E-state index contributed by atoms with van der Waals surface area (Å²) in [6.07, 6.45) is 3.91.